The molecule has 7 nitrogen and oxygen atoms in total. The van der Waals surface area contributed by atoms with Crippen molar-refractivity contribution in [3.05, 3.63) is 53.5 Å². The summed E-state index contributed by atoms with van der Waals surface area (Å²) in [6.45, 7) is 2.14. The van der Waals surface area contributed by atoms with Crippen LogP contribution in [0, 0.1) is 18.3 Å². The van der Waals surface area contributed by atoms with Gasteiger partial charge in [0.05, 0.1) is 12.2 Å². The Hall–Kier alpha value is -3.40. The SMILES string of the molecule is Cc1nc(C#N)c(N)nc1NCc1cc(-c2ccccc2)no1. The lowest BCUT2D eigenvalue weighted by Crippen LogP contribution is -2.08. The molecule has 0 amide bonds. The minimum Gasteiger partial charge on any atom is -0.381 e. The van der Waals surface area contributed by atoms with Gasteiger partial charge in [-0.3, -0.25) is 0 Å². The first-order valence-electron chi connectivity index (χ1n) is 6.96. The van der Waals surface area contributed by atoms with E-state index >= 15 is 0 Å². The Morgan fingerprint density at radius 3 is 2.78 bits per heavy atom. The van der Waals surface area contributed by atoms with Crippen molar-refractivity contribution in [3.63, 3.8) is 0 Å². The van der Waals surface area contributed by atoms with Gasteiger partial charge in [0, 0.05) is 11.6 Å². The second kappa shape index (κ2) is 6.15. The zero-order valence-corrected chi connectivity index (χ0v) is 12.4. The predicted octanol–water partition coefficient (Wildman–Crippen LogP) is 2.51. The average Bonchev–Trinajstić information content (AvgIpc) is 3.05. The van der Waals surface area contributed by atoms with Crippen molar-refractivity contribution in [1.29, 1.82) is 5.26 Å². The third-order valence-electron chi connectivity index (χ3n) is 3.26. The smallest absolute Gasteiger partial charge is 0.183 e. The quantitative estimate of drug-likeness (QED) is 0.761. The number of hydrogen-bond donors (Lipinski definition) is 2. The molecule has 0 saturated carbocycles. The minimum absolute atomic E-state index is 0.100. The van der Waals surface area contributed by atoms with Gasteiger partial charge < -0.3 is 15.6 Å². The summed E-state index contributed by atoms with van der Waals surface area (Å²) < 4.78 is 5.31. The highest BCUT2D eigenvalue weighted by molar-refractivity contribution is 5.58. The van der Waals surface area contributed by atoms with Crippen LogP contribution in [0.15, 0.2) is 40.9 Å². The topological polar surface area (TPSA) is 114 Å². The summed E-state index contributed by atoms with van der Waals surface area (Å²) >= 11 is 0. The third-order valence-corrected chi connectivity index (χ3v) is 3.26. The molecule has 114 valence electrons. The zero-order chi connectivity index (χ0) is 16.2. The van der Waals surface area contributed by atoms with Crippen LogP contribution in [0.1, 0.15) is 17.1 Å². The van der Waals surface area contributed by atoms with Crippen molar-refractivity contribution >= 4 is 11.6 Å². The Balaban J connectivity index is 1.74. The van der Waals surface area contributed by atoms with Gasteiger partial charge in [-0.2, -0.15) is 5.26 Å². The molecular formula is C16H14N6O. The molecule has 0 fully saturated rings. The summed E-state index contributed by atoms with van der Waals surface area (Å²) in [5.74, 6) is 1.27. The second-order valence-corrected chi connectivity index (χ2v) is 4.90. The van der Waals surface area contributed by atoms with Gasteiger partial charge >= 0.3 is 0 Å². The number of nitrogens with two attached hydrogens (primary N) is 1. The highest BCUT2D eigenvalue weighted by Gasteiger charge is 2.10. The maximum absolute atomic E-state index is 8.88. The molecule has 0 saturated heterocycles. The number of aromatic nitrogens is 3. The van der Waals surface area contributed by atoms with Gasteiger partial charge in [0.15, 0.2) is 17.3 Å². The molecule has 3 aromatic rings. The number of nitrogens with zero attached hydrogens (tertiary/aromatic N) is 4. The van der Waals surface area contributed by atoms with Crippen molar-refractivity contribution < 1.29 is 4.52 Å². The van der Waals surface area contributed by atoms with Gasteiger partial charge in [-0.05, 0) is 6.92 Å². The first kappa shape index (κ1) is 14.5. The summed E-state index contributed by atoms with van der Waals surface area (Å²) in [5, 5.41) is 16.0. The maximum Gasteiger partial charge on any atom is 0.183 e. The third kappa shape index (κ3) is 3.11. The van der Waals surface area contributed by atoms with Crippen molar-refractivity contribution in [1.82, 2.24) is 15.1 Å². The molecule has 0 aliphatic heterocycles. The number of nitrogens with one attached hydrogen (secondary N) is 1. The van der Waals surface area contributed by atoms with E-state index in [0.29, 0.717) is 23.8 Å². The van der Waals surface area contributed by atoms with Crippen molar-refractivity contribution in [2.75, 3.05) is 11.1 Å². The molecule has 0 aliphatic rings. The van der Waals surface area contributed by atoms with Gasteiger partial charge in [-0.25, -0.2) is 9.97 Å². The van der Waals surface area contributed by atoms with Crippen LogP contribution in [0.25, 0.3) is 11.3 Å². The molecule has 0 bridgehead atoms. The van der Waals surface area contributed by atoms with Crippen LogP contribution in [-0.4, -0.2) is 15.1 Å². The highest BCUT2D eigenvalue weighted by Crippen LogP contribution is 2.20. The first-order chi connectivity index (χ1) is 11.2. The molecule has 0 atom stereocenters. The van der Waals surface area contributed by atoms with Crippen molar-refractivity contribution in [2.24, 2.45) is 0 Å². The van der Waals surface area contributed by atoms with Crippen LogP contribution < -0.4 is 11.1 Å². The van der Waals surface area contributed by atoms with E-state index in [-0.39, 0.29) is 11.5 Å². The summed E-state index contributed by atoms with van der Waals surface area (Å²) in [4.78, 5) is 8.24. The predicted molar refractivity (Wildman–Crippen MR) is 85.2 cm³/mol. The van der Waals surface area contributed by atoms with Gasteiger partial charge in [0.2, 0.25) is 0 Å². The Bertz CT molecular complexity index is 866. The fourth-order valence-corrected chi connectivity index (χ4v) is 2.09. The summed E-state index contributed by atoms with van der Waals surface area (Å²) in [5.41, 5.74) is 8.15. The maximum atomic E-state index is 8.88. The molecule has 0 radical (unpaired) electrons. The molecule has 7 heteroatoms. The molecule has 0 aliphatic carbocycles. The van der Waals surface area contributed by atoms with Crippen LogP contribution >= 0.6 is 0 Å². The van der Waals surface area contributed by atoms with E-state index in [2.05, 4.69) is 20.4 Å². The van der Waals surface area contributed by atoms with Crippen LogP contribution in [0.4, 0.5) is 11.6 Å². The van der Waals surface area contributed by atoms with E-state index in [1.54, 1.807) is 6.92 Å². The van der Waals surface area contributed by atoms with E-state index in [1.807, 2.05) is 42.5 Å². The number of nitrogen functional groups attached to an aromatic ring is 1. The molecule has 2 aromatic heterocycles. The van der Waals surface area contributed by atoms with E-state index in [9.17, 15) is 0 Å². The van der Waals surface area contributed by atoms with Crippen LogP contribution in [0.5, 0.6) is 0 Å². The van der Waals surface area contributed by atoms with Crippen molar-refractivity contribution in [2.45, 2.75) is 13.5 Å². The lowest BCUT2D eigenvalue weighted by Gasteiger charge is -2.07. The molecule has 1 aromatic carbocycles. The van der Waals surface area contributed by atoms with Crippen LogP contribution in [0.3, 0.4) is 0 Å². The number of rotatable bonds is 4. The Kier molecular flexibility index (Phi) is 3.89. The van der Waals surface area contributed by atoms with Gasteiger partial charge in [-0.1, -0.05) is 35.5 Å². The lowest BCUT2D eigenvalue weighted by molar-refractivity contribution is 0.390. The zero-order valence-electron chi connectivity index (χ0n) is 12.4. The Labute approximate surface area is 132 Å². The summed E-state index contributed by atoms with van der Waals surface area (Å²) in [6.07, 6.45) is 0. The van der Waals surface area contributed by atoms with E-state index in [4.69, 9.17) is 15.5 Å². The van der Waals surface area contributed by atoms with Gasteiger partial charge in [-0.15, -0.1) is 0 Å². The molecule has 23 heavy (non-hydrogen) atoms. The van der Waals surface area contributed by atoms with Crippen LogP contribution in [0.2, 0.25) is 0 Å². The van der Waals surface area contributed by atoms with Gasteiger partial charge in [0.1, 0.15) is 17.6 Å². The summed E-state index contributed by atoms with van der Waals surface area (Å²) in [7, 11) is 0. The van der Waals surface area contributed by atoms with E-state index in [0.717, 1.165) is 11.3 Å². The monoisotopic (exact) mass is 306 g/mol. The number of nitriles is 1. The number of aryl methyl sites for hydroxylation is 1. The Morgan fingerprint density at radius 1 is 1.26 bits per heavy atom. The molecular weight excluding hydrogens is 292 g/mol. The summed E-state index contributed by atoms with van der Waals surface area (Å²) in [6, 6.07) is 13.5. The number of anilines is 2. The number of benzene rings is 1. The minimum atomic E-state index is 0.100. The highest BCUT2D eigenvalue weighted by atomic mass is 16.5. The molecule has 0 unspecified atom stereocenters. The van der Waals surface area contributed by atoms with E-state index in [1.165, 1.54) is 0 Å². The standard InChI is InChI=1S/C16H14N6O/c1-10-16(21-15(18)14(8-17)20-10)19-9-12-7-13(22-23-12)11-5-3-2-4-6-11/h2-7H,9H2,1H3,(H3,18,19,21). The largest absolute Gasteiger partial charge is 0.381 e. The fourth-order valence-electron chi connectivity index (χ4n) is 2.09. The fraction of sp³-hybridized carbons (Fsp3) is 0.125. The van der Waals surface area contributed by atoms with Gasteiger partial charge in [0.25, 0.3) is 0 Å². The normalized spacial score (nSPS) is 10.3. The van der Waals surface area contributed by atoms with E-state index < -0.39 is 0 Å². The molecule has 3 N–H and O–H groups in total. The lowest BCUT2D eigenvalue weighted by atomic mass is 10.1. The molecule has 2 heterocycles. The van der Waals surface area contributed by atoms with Crippen LogP contribution in [-0.2, 0) is 6.54 Å². The van der Waals surface area contributed by atoms with Crippen molar-refractivity contribution in [3.8, 4) is 17.3 Å². The second-order valence-electron chi connectivity index (χ2n) is 4.90. The Morgan fingerprint density at radius 2 is 2.04 bits per heavy atom. The number of hydrogen-bond acceptors (Lipinski definition) is 7. The molecule has 0 spiro atoms. The first-order valence-corrected chi connectivity index (χ1v) is 6.96. The molecule has 3 rings (SSSR count). The average molecular weight is 306 g/mol.